The van der Waals surface area contributed by atoms with Crippen molar-refractivity contribution in [3.05, 3.63) is 41.9 Å². The summed E-state index contributed by atoms with van der Waals surface area (Å²) in [4.78, 5) is 22.8. The first-order valence-electron chi connectivity index (χ1n) is 9.31. The normalized spacial score (nSPS) is 26.2. The van der Waals surface area contributed by atoms with Crippen LogP contribution in [0.1, 0.15) is 35.8 Å². The Morgan fingerprint density at radius 1 is 0.960 bits per heavy atom. The second-order valence-electron chi connectivity index (χ2n) is 7.86. The zero-order valence-electron chi connectivity index (χ0n) is 14.7. The van der Waals surface area contributed by atoms with Crippen LogP contribution in [0.15, 0.2) is 24.8 Å². The molecule has 0 radical (unpaired) electrons. The van der Waals surface area contributed by atoms with E-state index in [1.807, 2.05) is 19.3 Å². The Morgan fingerprint density at radius 2 is 1.68 bits per heavy atom. The van der Waals surface area contributed by atoms with Gasteiger partial charge in [-0.15, -0.1) is 0 Å². The standard InChI is InChI=1S/C19H24N6/c1-13-4-18(23-12-22-13)25-10-16-8-24(9-17(16)11-25)7-14-5-20-19(21-6-14)15-2-3-15/h4-6,12,15-17H,2-3,7-11H2,1H3. The van der Waals surface area contributed by atoms with Crippen molar-refractivity contribution in [2.24, 2.45) is 11.8 Å². The molecule has 2 unspecified atom stereocenters. The minimum Gasteiger partial charge on any atom is -0.356 e. The largest absolute Gasteiger partial charge is 0.356 e. The molecule has 1 saturated carbocycles. The molecule has 1 aliphatic carbocycles. The van der Waals surface area contributed by atoms with Gasteiger partial charge in [0.15, 0.2) is 0 Å². The van der Waals surface area contributed by atoms with E-state index >= 15 is 0 Å². The molecule has 2 saturated heterocycles. The number of aryl methyl sites for hydroxylation is 1. The predicted octanol–water partition coefficient (Wildman–Crippen LogP) is 2.02. The maximum atomic E-state index is 4.55. The third kappa shape index (κ3) is 3.11. The summed E-state index contributed by atoms with van der Waals surface area (Å²) < 4.78 is 0. The van der Waals surface area contributed by atoms with Crippen molar-refractivity contribution >= 4 is 5.82 Å². The van der Waals surface area contributed by atoms with Crippen molar-refractivity contribution in [3.63, 3.8) is 0 Å². The van der Waals surface area contributed by atoms with Gasteiger partial charge >= 0.3 is 0 Å². The molecule has 2 aliphatic heterocycles. The number of nitrogens with zero attached hydrogens (tertiary/aromatic N) is 6. The molecule has 0 N–H and O–H groups in total. The molecule has 130 valence electrons. The number of rotatable bonds is 4. The van der Waals surface area contributed by atoms with Crippen LogP contribution in [0.5, 0.6) is 0 Å². The van der Waals surface area contributed by atoms with Gasteiger partial charge in [0.1, 0.15) is 18.0 Å². The second kappa shape index (κ2) is 6.02. The lowest BCUT2D eigenvalue weighted by Crippen LogP contribution is -2.29. The fraction of sp³-hybridized carbons (Fsp3) is 0.579. The first-order valence-corrected chi connectivity index (χ1v) is 9.31. The van der Waals surface area contributed by atoms with E-state index in [1.165, 1.54) is 18.4 Å². The topological polar surface area (TPSA) is 58.0 Å². The van der Waals surface area contributed by atoms with E-state index in [-0.39, 0.29) is 0 Å². The van der Waals surface area contributed by atoms with Gasteiger partial charge in [0.2, 0.25) is 0 Å². The van der Waals surface area contributed by atoms with Crippen LogP contribution in [0.25, 0.3) is 0 Å². The molecule has 5 rings (SSSR count). The van der Waals surface area contributed by atoms with Crippen molar-refractivity contribution in [2.75, 3.05) is 31.1 Å². The number of likely N-dealkylation sites (tertiary alicyclic amines) is 1. The van der Waals surface area contributed by atoms with Gasteiger partial charge in [0.05, 0.1) is 0 Å². The van der Waals surface area contributed by atoms with Gasteiger partial charge in [0, 0.05) is 68.4 Å². The van der Waals surface area contributed by atoms with Crippen LogP contribution >= 0.6 is 0 Å². The molecule has 3 aliphatic rings. The smallest absolute Gasteiger partial charge is 0.132 e. The van der Waals surface area contributed by atoms with Gasteiger partial charge in [0.25, 0.3) is 0 Å². The van der Waals surface area contributed by atoms with Gasteiger partial charge < -0.3 is 4.90 Å². The first kappa shape index (κ1) is 15.2. The van der Waals surface area contributed by atoms with Crippen molar-refractivity contribution < 1.29 is 0 Å². The minimum atomic E-state index is 0.636. The molecular formula is C19H24N6. The molecule has 6 nitrogen and oxygen atoms in total. The average Bonchev–Trinajstić information content (AvgIpc) is 3.28. The SMILES string of the molecule is Cc1cc(N2CC3CN(Cc4cnc(C5CC5)nc4)CC3C2)ncn1. The Balaban J connectivity index is 1.19. The van der Waals surface area contributed by atoms with E-state index in [9.17, 15) is 0 Å². The third-order valence-electron chi connectivity index (χ3n) is 5.75. The first-order chi connectivity index (χ1) is 12.2. The summed E-state index contributed by atoms with van der Waals surface area (Å²) in [6.07, 6.45) is 8.26. The van der Waals surface area contributed by atoms with E-state index in [0.717, 1.165) is 61.9 Å². The van der Waals surface area contributed by atoms with Crippen molar-refractivity contribution in [3.8, 4) is 0 Å². The van der Waals surface area contributed by atoms with E-state index in [2.05, 4.69) is 35.8 Å². The highest BCUT2D eigenvalue weighted by molar-refractivity contribution is 5.40. The molecule has 0 amide bonds. The molecule has 4 heterocycles. The molecule has 25 heavy (non-hydrogen) atoms. The molecule has 2 aromatic heterocycles. The molecular weight excluding hydrogens is 312 g/mol. The number of hydrogen-bond acceptors (Lipinski definition) is 6. The Bertz CT molecular complexity index is 743. The summed E-state index contributed by atoms with van der Waals surface area (Å²) in [5, 5.41) is 0. The Hall–Kier alpha value is -2.08. The van der Waals surface area contributed by atoms with Crippen LogP contribution in [0.4, 0.5) is 5.82 Å². The van der Waals surface area contributed by atoms with Gasteiger partial charge in [-0.1, -0.05) is 0 Å². The Kier molecular flexibility index (Phi) is 3.66. The molecule has 0 spiro atoms. The van der Waals surface area contributed by atoms with Crippen molar-refractivity contribution in [1.82, 2.24) is 24.8 Å². The number of aromatic nitrogens is 4. The summed E-state index contributed by atoms with van der Waals surface area (Å²) in [5.74, 6) is 4.23. The lowest BCUT2D eigenvalue weighted by molar-refractivity contribution is 0.308. The fourth-order valence-electron chi connectivity index (χ4n) is 4.28. The molecule has 0 aromatic carbocycles. The van der Waals surface area contributed by atoms with Crippen LogP contribution < -0.4 is 4.90 Å². The Morgan fingerprint density at radius 3 is 2.32 bits per heavy atom. The Labute approximate surface area is 148 Å². The fourth-order valence-corrected chi connectivity index (χ4v) is 4.28. The van der Waals surface area contributed by atoms with Crippen LogP contribution in [-0.2, 0) is 6.54 Å². The van der Waals surface area contributed by atoms with Crippen molar-refractivity contribution in [1.29, 1.82) is 0 Å². The van der Waals surface area contributed by atoms with Gasteiger partial charge in [-0.05, 0) is 31.6 Å². The van der Waals surface area contributed by atoms with E-state index in [4.69, 9.17) is 0 Å². The van der Waals surface area contributed by atoms with Crippen LogP contribution in [0.2, 0.25) is 0 Å². The lowest BCUT2D eigenvalue weighted by atomic mass is 10.0. The maximum absolute atomic E-state index is 4.55. The van der Waals surface area contributed by atoms with E-state index in [0.29, 0.717) is 5.92 Å². The zero-order valence-corrected chi connectivity index (χ0v) is 14.7. The molecule has 2 atom stereocenters. The number of hydrogen-bond donors (Lipinski definition) is 0. The molecule has 0 bridgehead atoms. The number of anilines is 1. The summed E-state index contributed by atoms with van der Waals surface area (Å²) >= 11 is 0. The molecule has 3 fully saturated rings. The lowest BCUT2D eigenvalue weighted by Gasteiger charge is -2.22. The quantitative estimate of drug-likeness (QED) is 0.851. The van der Waals surface area contributed by atoms with Crippen LogP contribution in [0.3, 0.4) is 0 Å². The highest BCUT2D eigenvalue weighted by Gasteiger charge is 2.40. The highest BCUT2D eigenvalue weighted by Crippen LogP contribution is 2.38. The van der Waals surface area contributed by atoms with Gasteiger partial charge in [-0.2, -0.15) is 0 Å². The van der Waals surface area contributed by atoms with Crippen molar-refractivity contribution in [2.45, 2.75) is 32.2 Å². The molecule has 2 aromatic rings. The highest BCUT2D eigenvalue weighted by atomic mass is 15.3. The number of fused-ring (bicyclic) bond motifs is 1. The minimum absolute atomic E-state index is 0.636. The van der Waals surface area contributed by atoms with E-state index in [1.54, 1.807) is 6.33 Å². The summed E-state index contributed by atoms with van der Waals surface area (Å²) in [7, 11) is 0. The third-order valence-corrected chi connectivity index (χ3v) is 5.75. The maximum Gasteiger partial charge on any atom is 0.132 e. The summed E-state index contributed by atoms with van der Waals surface area (Å²) in [5.41, 5.74) is 2.28. The molecule has 6 heteroatoms. The second-order valence-corrected chi connectivity index (χ2v) is 7.86. The zero-order chi connectivity index (χ0) is 16.8. The van der Waals surface area contributed by atoms with Gasteiger partial charge in [-0.25, -0.2) is 19.9 Å². The van der Waals surface area contributed by atoms with Crippen LogP contribution in [-0.4, -0.2) is 51.0 Å². The van der Waals surface area contributed by atoms with Crippen LogP contribution in [0, 0.1) is 18.8 Å². The average molecular weight is 336 g/mol. The van der Waals surface area contributed by atoms with Gasteiger partial charge in [-0.3, -0.25) is 4.90 Å². The monoisotopic (exact) mass is 336 g/mol. The summed E-state index contributed by atoms with van der Waals surface area (Å²) in [6.45, 7) is 7.54. The summed E-state index contributed by atoms with van der Waals surface area (Å²) in [6, 6.07) is 2.09. The predicted molar refractivity (Wildman–Crippen MR) is 95.2 cm³/mol. The van der Waals surface area contributed by atoms with E-state index < -0.39 is 0 Å².